The number of para-hydroxylation sites is 2. The Morgan fingerprint density at radius 1 is 0.562 bits per heavy atom. The van der Waals surface area contributed by atoms with Gasteiger partial charge in [0.05, 0.1) is 34.4 Å². The van der Waals surface area contributed by atoms with E-state index in [1.54, 1.807) is 0 Å². The van der Waals surface area contributed by atoms with Crippen molar-refractivity contribution in [1.29, 1.82) is 0 Å². The number of hydrogen-bond donors (Lipinski definition) is 2. The quantitative estimate of drug-likeness (QED) is 0.176. The van der Waals surface area contributed by atoms with E-state index in [9.17, 15) is 62.9 Å². The van der Waals surface area contributed by atoms with Gasteiger partial charge in [0.25, 0.3) is 0 Å². The first kappa shape index (κ1) is 37.1. The summed E-state index contributed by atoms with van der Waals surface area (Å²) in [6.45, 7) is -0.723. The van der Waals surface area contributed by atoms with Crippen LogP contribution in [0.15, 0.2) is 48.5 Å². The number of hydrogen-bond acceptors (Lipinski definition) is 6. The Labute approximate surface area is 264 Å². The minimum atomic E-state index is -5.13. The van der Waals surface area contributed by atoms with Crippen LogP contribution in [-0.4, -0.2) is 70.3 Å². The summed E-state index contributed by atoms with van der Waals surface area (Å²) >= 11 is 0. The summed E-state index contributed by atoms with van der Waals surface area (Å²) in [5, 5.41) is 21.0. The highest BCUT2D eigenvalue weighted by Crippen LogP contribution is 2.40. The number of alkyl halides is 12. The van der Waals surface area contributed by atoms with Crippen LogP contribution in [0.3, 0.4) is 0 Å². The van der Waals surface area contributed by atoms with Gasteiger partial charge in [-0.25, -0.2) is 9.97 Å². The molecule has 0 aliphatic heterocycles. The first-order valence-electron chi connectivity index (χ1n) is 13.9. The van der Waals surface area contributed by atoms with Gasteiger partial charge in [-0.1, -0.05) is 24.3 Å². The molecule has 4 rings (SSSR count). The molecule has 0 saturated carbocycles. The standard InChI is InChI=1S/C30H26F12N4O2/c1-45(13-21(47)17-11-23(29(37,38)39)43-25-15(17)5-3-7-19(25)27(31,32)33)9-10-46(2)14-22(48)18-12-24(30(40,41)42)44-26-16(18)6-4-8-20(26)28(34,35)36/h3-8,11-12,21-22,47-48H,9-10,13-14H2,1-2H3. The fourth-order valence-corrected chi connectivity index (χ4v) is 5.16. The van der Waals surface area contributed by atoms with Gasteiger partial charge < -0.3 is 20.0 Å². The molecule has 6 nitrogen and oxygen atoms in total. The molecule has 2 atom stereocenters. The molecule has 2 N–H and O–H groups in total. The molecule has 0 amide bonds. The zero-order valence-corrected chi connectivity index (χ0v) is 24.8. The Morgan fingerprint density at radius 3 is 1.19 bits per heavy atom. The zero-order valence-electron chi connectivity index (χ0n) is 24.8. The second-order valence-electron chi connectivity index (χ2n) is 11.1. The lowest BCUT2D eigenvalue weighted by Gasteiger charge is -2.27. The van der Waals surface area contributed by atoms with E-state index < -0.39 is 81.6 Å². The summed E-state index contributed by atoms with van der Waals surface area (Å²) in [5.74, 6) is 0. The number of nitrogens with zero attached hydrogens (tertiary/aromatic N) is 4. The monoisotopic (exact) mass is 702 g/mol. The summed E-state index contributed by atoms with van der Waals surface area (Å²) in [5.41, 5.74) is -9.04. The topological polar surface area (TPSA) is 72.7 Å². The second kappa shape index (κ2) is 13.3. The van der Waals surface area contributed by atoms with E-state index in [1.807, 2.05) is 0 Å². The summed E-state index contributed by atoms with van der Waals surface area (Å²) < 4.78 is 163. The number of benzene rings is 2. The molecule has 2 aromatic carbocycles. The highest BCUT2D eigenvalue weighted by Gasteiger charge is 2.39. The molecule has 4 aromatic rings. The maximum Gasteiger partial charge on any atom is 0.433 e. The lowest BCUT2D eigenvalue weighted by molar-refractivity contribution is -0.142. The Hall–Kier alpha value is -3.74. The molecule has 0 saturated heterocycles. The van der Waals surface area contributed by atoms with E-state index in [0.717, 1.165) is 24.3 Å². The Bertz CT molecular complexity index is 1640. The van der Waals surface area contributed by atoms with Crippen molar-refractivity contribution in [2.75, 3.05) is 40.3 Å². The molecule has 18 heteroatoms. The lowest BCUT2D eigenvalue weighted by Crippen LogP contribution is -2.35. The van der Waals surface area contributed by atoms with Crippen LogP contribution < -0.4 is 0 Å². The predicted octanol–water partition coefficient (Wildman–Crippen LogP) is 7.49. The number of aliphatic hydroxyl groups excluding tert-OH is 2. The first-order valence-corrected chi connectivity index (χ1v) is 13.9. The van der Waals surface area contributed by atoms with Crippen LogP contribution in [0.2, 0.25) is 0 Å². The van der Waals surface area contributed by atoms with Crippen LogP contribution in [-0.2, 0) is 24.7 Å². The molecule has 0 radical (unpaired) electrons. The van der Waals surface area contributed by atoms with E-state index in [0.29, 0.717) is 24.3 Å². The molecule has 2 aromatic heterocycles. The third kappa shape index (κ3) is 8.27. The van der Waals surface area contributed by atoms with Gasteiger partial charge in [-0.05, 0) is 49.5 Å². The van der Waals surface area contributed by atoms with E-state index in [2.05, 4.69) is 9.97 Å². The summed E-state index contributed by atoms with van der Waals surface area (Å²) in [4.78, 5) is 9.16. The smallest absolute Gasteiger partial charge is 0.387 e. The molecule has 0 fully saturated rings. The molecule has 48 heavy (non-hydrogen) atoms. The lowest BCUT2D eigenvalue weighted by atomic mass is 9.99. The van der Waals surface area contributed by atoms with Gasteiger partial charge in [0.15, 0.2) is 0 Å². The van der Waals surface area contributed by atoms with Gasteiger partial charge in [-0.3, -0.25) is 0 Å². The SMILES string of the molecule is CN(CCN(C)CC(O)c1cc(C(F)(F)F)nc2c(C(F)(F)F)cccc12)CC(O)c1cc(C(F)(F)F)nc2c(C(F)(F)F)cccc12. The van der Waals surface area contributed by atoms with E-state index in [4.69, 9.17) is 0 Å². The molecule has 0 aliphatic rings. The maximum atomic E-state index is 13.6. The van der Waals surface area contributed by atoms with Crippen molar-refractivity contribution >= 4 is 21.8 Å². The van der Waals surface area contributed by atoms with Crippen molar-refractivity contribution in [3.8, 4) is 0 Å². The number of halogens is 12. The van der Waals surface area contributed by atoms with Crippen LogP contribution in [0.25, 0.3) is 21.8 Å². The van der Waals surface area contributed by atoms with Crippen LogP contribution in [0.1, 0.15) is 45.8 Å². The molecular formula is C30H26F12N4O2. The van der Waals surface area contributed by atoms with Crippen molar-refractivity contribution in [2.24, 2.45) is 0 Å². The number of rotatable bonds is 9. The Kier molecular flexibility index (Phi) is 10.3. The zero-order chi connectivity index (χ0) is 36.0. The molecule has 2 heterocycles. The average Bonchev–Trinajstić information content (AvgIpc) is 2.96. The molecule has 262 valence electrons. The van der Waals surface area contributed by atoms with E-state index in [1.165, 1.54) is 23.9 Å². The third-order valence-electron chi connectivity index (χ3n) is 7.49. The van der Waals surface area contributed by atoms with Gasteiger partial charge >= 0.3 is 24.7 Å². The maximum absolute atomic E-state index is 13.6. The van der Waals surface area contributed by atoms with Crippen molar-refractivity contribution in [3.63, 3.8) is 0 Å². The number of likely N-dealkylation sites (N-methyl/N-ethyl adjacent to an activating group) is 2. The number of aliphatic hydroxyl groups is 2. The van der Waals surface area contributed by atoms with Gasteiger partial charge in [-0.15, -0.1) is 0 Å². The molecular weight excluding hydrogens is 676 g/mol. The first-order chi connectivity index (χ1) is 22.0. The van der Waals surface area contributed by atoms with E-state index >= 15 is 0 Å². The minimum Gasteiger partial charge on any atom is -0.387 e. The fraction of sp³-hybridized carbons (Fsp3) is 0.400. The Balaban J connectivity index is 1.52. The van der Waals surface area contributed by atoms with Crippen LogP contribution in [0.5, 0.6) is 0 Å². The summed E-state index contributed by atoms with van der Waals surface area (Å²) in [6.07, 6.45) is -23.8. The Morgan fingerprint density at radius 2 is 0.896 bits per heavy atom. The number of aromatic nitrogens is 2. The van der Waals surface area contributed by atoms with Gasteiger partial charge in [0.2, 0.25) is 0 Å². The van der Waals surface area contributed by atoms with Gasteiger partial charge in [-0.2, -0.15) is 52.7 Å². The van der Waals surface area contributed by atoms with Crippen molar-refractivity contribution in [2.45, 2.75) is 36.9 Å². The minimum absolute atomic E-state index is 0.0202. The molecule has 0 bridgehead atoms. The summed E-state index contributed by atoms with van der Waals surface area (Å²) in [6, 6.07) is 6.17. The highest BCUT2D eigenvalue weighted by molar-refractivity contribution is 5.87. The van der Waals surface area contributed by atoms with Gasteiger partial charge in [0, 0.05) is 37.0 Å². The fourth-order valence-electron chi connectivity index (χ4n) is 5.16. The third-order valence-corrected chi connectivity index (χ3v) is 7.49. The second-order valence-corrected chi connectivity index (χ2v) is 11.1. The van der Waals surface area contributed by atoms with Crippen molar-refractivity contribution < 1.29 is 62.9 Å². The normalized spacial score (nSPS) is 14.8. The predicted molar refractivity (Wildman–Crippen MR) is 148 cm³/mol. The molecule has 2 unspecified atom stereocenters. The summed E-state index contributed by atoms with van der Waals surface area (Å²) in [7, 11) is 2.85. The van der Waals surface area contributed by atoms with Crippen LogP contribution >= 0.6 is 0 Å². The molecule has 0 spiro atoms. The van der Waals surface area contributed by atoms with Crippen LogP contribution in [0, 0.1) is 0 Å². The molecule has 0 aliphatic carbocycles. The van der Waals surface area contributed by atoms with Crippen molar-refractivity contribution in [3.05, 3.63) is 82.2 Å². The number of fused-ring (bicyclic) bond motifs is 2. The van der Waals surface area contributed by atoms with Crippen LogP contribution in [0.4, 0.5) is 52.7 Å². The average molecular weight is 703 g/mol. The largest absolute Gasteiger partial charge is 0.433 e. The highest BCUT2D eigenvalue weighted by atomic mass is 19.4. The van der Waals surface area contributed by atoms with Crippen molar-refractivity contribution in [1.82, 2.24) is 19.8 Å². The van der Waals surface area contributed by atoms with E-state index in [-0.39, 0.29) is 37.0 Å². The number of pyridine rings is 2. The van der Waals surface area contributed by atoms with Gasteiger partial charge in [0.1, 0.15) is 11.4 Å².